The number of hydrogen-bond acceptors (Lipinski definition) is 3. The monoisotopic (exact) mass is 286 g/mol. The van der Waals surface area contributed by atoms with Crippen molar-refractivity contribution in [3.05, 3.63) is 41.6 Å². The number of fused-ring (bicyclic) bond motifs is 1. The standard InChI is InChI=1S/C18H26N2O/c1-6-21-18(12(2)3)17(19-5)15-9-10-16-14(11-15)8-7-13(4)20-16/h7-12,17-19H,6H2,1-5H3. The Morgan fingerprint density at radius 1 is 1.19 bits per heavy atom. The fraction of sp³-hybridized carbons (Fsp3) is 0.500. The lowest BCUT2D eigenvalue weighted by molar-refractivity contribution is 0.00463. The Balaban J connectivity index is 2.39. The van der Waals surface area contributed by atoms with Crippen LogP contribution in [-0.2, 0) is 4.74 Å². The van der Waals surface area contributed by atoms with Crippen molar-refractivity contribution in [3.8, 4) is 0 Å². The maximum Gasteiger partial charge on any atom is 0.0792 e. The lowest BCUT2D eigenvalue weighted by Gasteiger charge is -2.30. The van der Waals surface area contributed by atoms with Gasteiger partial charge in [0.25, 0.3) is 0 Å². The molecule has 21 heavy (non-hydrogen) atoms. The van der Waals surface area contributed by atoms with Gasteiger partial charge in [-0.3, -0.25) is 4.98 Å². The molecule has 114 valence electrons. The van der Waals surface area contributed by atoms with E-state index in [-0.39, 0.29) is 12.1 Å². The van der Waals surface area contributed by atoms with Gasteiger partial charge in [-0.25, -0.2) is 0 Å². The molecule has 0 saturated heterocycles. The van der Waals surface area contributed by atoms with E-state index in [1.165, 1.54) is 10.9 Å². The number of rotatable bonds is 6. The molecule has 2 aromatic rings. The van der Waals surface area contributed by atoms with Crippen molar-refractivity contribution in [1.29, 1.82) is 0 Å². The number of aromatic nitrogens is 1. The second kappa shape index (κ2) is 7.01. The largest absolute Gasteiger partial charge is 0.376 e. The van der Waals surface area contributed by atoms with E-state index in [4.69, 9.17) is 4.74 Å². The molecule has 2 atom stereocenters. The number of benzene rings is 1. The summed E-state index contributed by atoms with van der Waals surface area (Å²) >= 11 is 0. The highest BCUT2D eigenvalue weighted by atomic mass is 16.5. The molecule has 1 heterocycles. The summed E-state index contributed by atoms with van der Waals surface area (Å²) in [5.74, 6) is 0.453. The second-order valence-corrected chi connectivity index (χ2v) is 5.84. The van der Waals surface area contributed by atoms with Crippen molar-refractivity contribution in [2.24, 2.45) is 5.92 Å². The van der Waals surface area contributed by atoms with Crippen LogP contribution in [0.1, 0.15) is 38.1 Å². The zero-order valence-corrected chi connectivity index (χ0v) is 13.7. The molecular formula is C18H26N2O. The third kappa shape index (κ3) is 3.60. The smallest absolute Gasteiger partial charge is 0.0792 e. The van der Waals surface area contributed by atoms with Gasteiger partial charge >= 0.3 is 0 Å². The van der Waals surface area contributed by atoms with Crippen LogP contribution in [0, 0.1) is 12.8 Å². The molecule has 0 aliphatic carbocycles. The van der Waals surface area contributed by atoms with Crippen molar-refractivity contribution in [2.45, 2.75) is 39.8 Å². The van der Waals surface area contributed by atoms with Crippen molar-refractivity contribution < 1.29 is 4.74 Å². The molecule has 0 aliphatic rings. The maximum absolute atomic E-state index is 5.96. The lowest BCUT2D eigenvalue weighted by Crippen LogP contribution is -2.35. The summed E-state index contributed by atoms with van der Waals surface area (Å²) in [6, 6.07) is 10.9. The van der Waals surface area contributed by atoms with Gasteiger partial charge in [-0.15, -0.1) is 0 Å². The summed E-state index contributed by atoms with van der Waals surface area (Å²) in [6.07, 6.45) is 0.163. The van der Waals surface area contributed by atoms with E-state index >= 15 is 0 Å². The van der Waals surface area contributed by atoms with Gasteiger partial charge in [-0.2, -0.15) is 0 Å². The average molecular weight is 286 g/mol. The van der Waals surface area contributed by atoms with Gasteiger partial charge in [-0.05, 0) is 50.6 Å². The number of aryl methyl sites for hydroxylation is 1. The Morgan fingerprint density at radius 2 is 1.95 bits per heavy atom. The van der Waals surface area contributed by atoms with Gasteiger partial charge in [0.15, 0.2) is 0 Å². The minimum atomic E-state index is 0.163. The molecule has 3 heteroatoms. The molecule has 0 bridgehead atoms. The zero-order valence-electron chi connectivity index (χ0n) is 13.7. The predicted octanol–water partition coefficient (Wildman–Crippen LogP) is 3.86. The second-order valence-electron chi connectivity index (χ2n) is 5.84. The molecular weight excluding hydrogens is 260 g/mol. The molecule has 0 spiro atoms. The molecule has 2 rings (SSSR count). The van der Waals surface area contributed by atoms with Crippen molar-refractivity contribution in [1.82, 2.24) is 10.3 Å². The van der Waals surface area contributed by atoms with Crippen molar-refractivity contribution >= 4 is 10.9 Å². The number of nitrogens with zero attached hydrogens (tertiary/aromatic N) is 1. The minimum Gasteiger partial charge on any atom is -0.376 e. The molecule has 0 radical (unpaired) electrons. The topological polar surface area (TPSA) is 34.1 Å². The van der Waals surface area contributed by atoms with E-state index in [0.717, 1.165) is 17.8 Å². The van der Waals surface area contributed by atoms with E-state index in [1.54, 1.807) is 0 Å². The molecule has 0 saturated carbocycles. The normalized spacial score (nSPS) is 14.6. The fourth-order valence-corrected chi connectivity index (χ4v) is 2.83. The van der Waals surface area contributed by atoms with E-state index < -0.39 is 0 Å². The third-order valence-electron chi connectivity index (χ3n) is 3.87. The van der Waals surface area contributed by atoms with Crippen LogP contribution >= 0.6 is 0 Å². The van der Waals surface area contributed by atoms with Crippen LogP contribution in [0.15, 0.2) is 30.3 Å². The number of likely N-dealkylation sites (N-methyl/N-ethyl adjacent to an activating group) is 1. The predicted molar refractivity (Wildman–Crippen MR) is 88.5 cm³/mol. The SMILES string of the molecule is CCOC(C(C)C)C(NC)c1ccc2nc(C)ccc2c1. The van der Waals surface area contributed by atoms with Gasteiger partial charge in [0.05, 0.1) is 17.7 Å². The van der Waals surface area contributed by atoms with E-state index in [2.05, 4.69) is 61.4 Å². The van der Waals surface area contributed by atoms with Crippen LogP contribution in [0.25, 0.3) is 10.9 Å². The van der Waals surface area contributed by atoms with Crippen molar-refractivity contribution in [2.75, 3.05) is 13.7 Å². The van der Waals surface area contributed by atoms with Crippen LogP contribution in [0.2, 0.25) is 0 Å². The Hall–Kier alpha value is -1.45. The van der Waals surface area contributed by atoms with E-state index in [0.29, 0.717) is 5.92 Å². The Bertz CT molecular complexity index is 595. The first-order chi connectivity index (χ1) is 10.1. The van der Waals surface area contributed by atoms with E-state index in [1.807, 2.05) is 14.0 Å². The van der Waals surface area contributed by atoms with Crippen LogP contribution in [-0.4, -0.2) is 24.7 Å². The highest BCUT2D eigenvalue weighted by Gasteiger charge is 2.25. The quantitative estimate of drug-likeness (QED) is 0.875. The first-order valence-corrected chi connectivity index (χ1v) is 7.73. The Morgan fingerprint density at radius 3 is 2.57 bits per heavy atom. The maximum atomic E-state index is 5.96. The van der Waals surface area contributed by atoms with Crippen LogP contribution in [0.5, 0.6) is 0 Å². The molecule has 0 fully saturated rings. The third-order valence-corrected chi connectivity index (χ3v) is 3.87. The lowest BCUT2D eigenvalue weighted by atomic mass is 9.92. The number of ether oxygens (including phenoxy) is 1. The Kier molecular flexibility index (Phi) is 5.32. The summed E-state index contributed by atoms with van der Waals surface area (Å²) in [5.41, 5.74) is 3.35. The highest BCUT2D eigenvalue weighted by molar-refractivity contribution is 5.79. The van der Waals surface area contributed by atoms with Crippen molar-refractivity contribution in [3.63, 3.8) is 0 Å². The molecule has 0 amide bonds. The first-order valence-electron chi connectivity index (χ1n) is 7.73. The summed E-state index contributed by atoms with van der Waals surface area (Å²) < 4.78 is 5.96. The van der Waals surface area contributed by atoms with Crippen LogP contribution in [0.3, 0.4) is 0 Å². The molecule has 1 aromatic heterocycles. The summed E-state index contributed by atoms with van der Waals surface area (Å²) in [4.78, 5) is 4.57. The van der Waals surface area contributed by atoms with Gasteiger partial charge in [0.1, 0.15) is 0 Å². The molecule has 1 aromatic carbocycles. The number of nitrogens with one attached hydrogen (secondary N) is 1. The van der Waals surface area contributed by atoms with Gasteiger partial charge in [0, 0.05) is 17.7 Å². The Labute approximate surface area is 127 Å². The highest BCUT2D eigenvalue weighted by Crippen LogP contribution is 2.27. The average Bonchev–Trinajstić information content (AvgIpc) is 2.47. The zero-order chi connectivity index (χ0) is 15.4. The molecule has 0 aliphatic heterocycles. The van der Waals surface area contributed by atoms with Gasteiger partial charge in [0.2, 0.25) is 0 Å². The minimum absolute atomic E-state index is 0.163. The fourth-order valence-electron chi connectivity index (χ4n) is 2.83. The molecule has 2 unspecified atom stereocenters. The summed E-state index contributed by atoms with van der Waals surface area (Å²) in [5, 5.41) is 4.59. The van der Waals surface area contributed by atoms with Gasteiger partial charge < -0.3 is 10.1 Å². The summed E-state index contributed by atoms with van der Waals surface area (Å²) in [7, 11) is 2.00. The van der Waals surface area contributed by atoms with Crippen LogP contribution < -0.4 is 5.32 Å². The molecule has 3 nitrogen and oxygen atoms in total. The molecule has 1 N–H and O–H groups in total. The number of pyridine rings is 1. The van der Waals surface area contributed by atoms with E-state index in [9.17, 15) is 0 Å². The van der Waals surface area contributed by atoms with Crippen LogP contribution in [0.4, 0.5) is 0 Å². The van der Waals surface area contributed by atoms with Gasteiger partial charge in [-0.1, -0.05) is 26.0 Å². The summed E-state index contributed by atoms with van der Waals surface area (Å²) in [6.45, 7) is 9.21. The first kappa shape index (κ1) is 15.9. The number of hydrogen-bond donors (Lipinski definition) is 1.